The molecule has 2 N–H and O–H groups in total. The molecule has 0 spiro atoms. The molecular formula is C5H15NO3P+. The highest BCUT2D eigenvalue weighted by atomic mass is 31.2. The Bertz CT molecular complexity index is 151. The first-order valence-corrected chi connectivity index (χ1v) is 4.77. The second-order valence-electron chi connectivity index (χ2n) is 2.86. The molecule has 0 fully saturated rings. The summed E-state index contributed by atoms with van der Waals surface area (Å²) in [7, 11) is -0.884. The van der Waals surface area contributed by atoms with Crippen molar-refractivity contribution in [3.8, 4) is 0 Å². The molecule has 0 bridgehead atoms. The maximum absolute atomic E-state index is 10.7. The van der Waals surface area contributed by atoms with Crippen LogP contribution in [0.4, 0.5) is 0 Å². The number of quaternary nitrogens is 1. The average molecular weight is 168 g/mol. The van der Waals surface area contributed by atoms with Crippen molar-refractivity contribution in [1.29, 1.82) is 0 Å². The summed E-state index contributed by atoms with van der Waals surface area (Å²) < 4.78 is 10.5. The van der Waals surface area contributed by atoms with E-state index in [2.05, 4.69) is 0 Å². The van der Waals surface area contributed by atoms with Crippen molar-refractivity contribution >= 4 is 7.75 Å². The maximum Gasteiger partial charge on any atom is 0.526 e. The van der Waals surface area contributed by atoms with E-state index in [1.54, 1.807) is 0 Å². The summed E-state index contributed by atoms with van der Waals surface area (Å²) >= 11 is 0. The fourth-order valence-electron chi connectivity index (χ4n) is 0.677. The number of rotatable bonds is 3. The van der Waals surface area contributed by atoms with Crippen LogP contribution in [0.5, 0.6) is 0 Å². The molecule has 62 valence electrons. The Morgan fingerprint density at radius 2 is 1.80 bits per heavy atom. The van der Waals surface area contributed by atoms with Crippen LogP contribution < -0.4 is 0 Å². The van der Waals surface area contributed by atoms with Gasteiger partial charge in [-0.3, -0.25) is 9.79 Å². The molecule has 0 aliphatic carbocycles. The summed E-state index contributed by atoms with van der Waals surface area (Å²) in [6.07, 6.45) is 0.776. The van der Waals surface area contributed by atoms with Gasteiger partial charge >= 0.3 is 7.75 Å². The van der Waals surface area contributed by atoms with Crippen LogP contribution in [0.25, 0.3) is 0 Å². The minimum atomic E-state index is -3.95. The largest absolute Gasteiger partial charge is 0.526 e. The van der Waals surface area contributed by atoms with Crippen molar-refractivity contribution in [3.05, 3.63) is 0 Å². The lowest BCUT2D eigenvalue weighted by atomic mass is 10.5. The minimum Gasteiger partial charge on any atom is -0.279 e. The topological polar surface area (TPSA) is 57.5 Å². The SMILES string of the molecule is CCC[N+](C)(C)P(=O)(O)O. The third-order valence-corrected chi connectivity index (χ3v) is 3.09. The predicted molar refractivity (Wildman–Crippen MR) is 39.3 cm³/mol. The van der Waals surface area contributed by atoms with Crippen LogP contribution in [0.1, 0.15) is 13.3 Å². The third-order valence-electron chi connectivity index (χ3n) is 1.48. The van der Waals surface area contributed by atoms with E-state index in [-0.39, 0.29) is 4.25 Å². The molecule has 4 nitrogen and oxygen atoms in total. The first kappa shape index (κ1) is 10.1. The van der Waals surface area contributed by atoms with E-state index in [1.165, 1.54) is 14.1 Å². The van der Waals surface area contributed by atoms with Gasteiger partial charge in [0.1, 0.15) is 0 Å². The average Bonchev–Trinajstić information content (AvgIpc) is 1.61. The lowest BCUT2D eigenvalue weighted by Gasteiger charge is -2.28. The van der Waals surface area contributed by atoms with E-state index in [0.717, 1.165) is 6.42 Å². The highest BCUT2D eigenvalue weighted by molar-refractivity contribution is 7.45. The van der Waals surface area contributed by atoms with Gasteiger partial charge in [-0.1, -0.05) is 6.92 Å². The Morgan fingerprint density at radius 3 is 1.90 bits per heavy atom. The molecule has 10 heavy (non-hydrogen) atoms. The zero-order valence-electron chi connectivity index (χ0n) is 6.61. The van der Waals surface area contributed by atoms with Crippen LogP contribution in [0.3, 0.4) is 0 Å². The fraction of sp³-hybridized carbons (Fsp3) is 1.00. The molecule has 0 saturated heterocycles. The number of hydrogen-bond acceptors (Lipinski definition) is 1. The molecule has 5 heteroatoms. The maximum atomic E-state index is 10.7. The molecule has 0 aromatic carbocycles. The zero-order chi connectivity index (χ0) is 8.41. The van der Waals surface area contributed by atoms with Crippen LogP contribution in [-0.2, 0) is 4.57 Å². The van der Waals surface area contributed by atoms with E-state index < -0.39 is 7.75 Å². The second-order valence-corrected chi connectivity index (χ2v) is 4.97. The molecule has 0 aromatic heterocycles. The molecule has 0 heterocycles. The molecule has 0 unspecified atom stereocenters. The first-order valence-electron chi connectivity index (χ1n) is 3.20. The van der Waals surface area contributed by atoms with Crippen molar-refractivity contribution in [2.24, 2.45) is 0 Å². The quantitative estimate of drug-likeness (QED) is 0.605. The van der Waals surface area contributed by atoms with Gasteiger partial charge in [0.15, 0.2) is 0 Å². The summed E-state index contributed by atoms with van der Waals surface area (Å²) in [5, 5.41) is 0. The fourth-order valence-corrected chi connectivity index (χ4v) is 1.14. The Balaban J connectivity index is 4.25. The summed E-state index contributed by atoms with van der Waals surface area (Å²) in [6, 6.07) is 0. The molecule has 0 rings (SSSR count). The van der Waals surface area contributed by atoms with Crippen molar-refractivity contribution in [2.75, 3.05) is 20.6 Å². The lowest BCUT2D eigenvalue weighted by molar-refractivity contribution is -0.781. The van der Waals surface area contributed by atoms with Crippen LogP contribution in [0.2, 0.25) is 0 Å². The monoisotopic (exact) mass is 168 g/mol. The van der Waals surface area contributed by atoms with E-state index in [9.17, 15) is 4.57 Å². The lowest BCUT2D eigenvalue weighted by Crippen LogP contribution is -2.36. The number of nitrogens with zero attached hydrogens (tertiary/aromatic N) is 1. The molecule has 0 radical (unpaired) electrons. The molecule has 0 atom stereocenters. The third kappa shape index (κ3) is 2.39. The van der Waals surface area contributed by atoms with Gasteiger partial charge in [0.2, 0.25) is 0 Å². The van der Waals surface area contributed by atoms with Crippen molar-refractivity contribution in [3.63, 3.8) is 0 Å². The van der Waals surface area contributed by atoms with E-state index in [1.807, 2.05) is 6.92 Å². The molecule has 0 amide bonds. The molecular weight excluding hydrogens is 153 g/mol. The van der Waals surface area contributed by atoms with Crippen molar-refractivity contribution < 1.29 is 18.6 Å². The Labute approximate surface area is 61.3 Å². The molecule has 0 aliphatic heterocycles. The summed E-state index contributed by atoms with van der Waals surface area (Å²) in [5.41, 5.74) is 0. The highest BCUT2D eigenvalue weighted by Crippen LogP contribution is 2.44. The van der Waals surface area contributed by atoms with Crippen LogP contribution in [-0.4, -0.2) is 34.7 Å². The Kier molecular flexibility index (Phi) is 3.04. The van der Waals surface area contributed by atoms with Gasteiger partial charge in [-0.25, -0.2) is 8.82 Å². The first-order chi connectivity index (χ1) is 4.31. The van der Waals surface area contributed by atoms with Gasteiger partial charge in [-0.05, 0) is 6.42 Å². The minimum absolute atomic E-state index is 0.219. The molecule has 0 aliphatic rings. The van der Waals surface area contributed by atoms with Crippen molar-refractivity contribution in [1.82, 2.24) is 0 Å². The highest BCUT2D eigenvalue weighted by Gasteiger charge is 2.36. The van der Waals surface area contributed by atoms with E-state index in [0.29, 0.717) is 6.54 Å². The Morgan fingerprint density at radius 1 is 1.40 bits per heavy atom. The smallest absolute Gasteiger partial charge is 0.279 e. The van der Waals surface area contributed by atoms with E-state index >= 15 is 0 Å². The zero-order valence-corrected chi connectivity index (χ0v) is 7.51. The van der Waals surface area contributed by atoms with Gasteiger partial charge in [-0.2, -0.15) is 0 Å². The van der Waals surface area contributed by atoms with Gasteiger partial charge < -0.3 is 0 Å². The Hall–Kier alpha value is 0.110. The predicted octanol–water partition coefficient (Wildman–Crippen LogP) is 0.565. The van der Waals surface area contributed by atoms with Gasteiger partial charge in [-0.15, -0.1) is 0 Å². The van der Waals surface area contributed by atoms with E-state index in [4.69, 9.17) is 9.79 Å². The van der Waals surface area contributed by atoms with Crippen LogP contribution in [0.15, 0.2) is 0 Å². The normalized spacial score (nSPS) is 13.7. The summed E-state index contributed by atoms with van der Waals surface area (Å²) in [6.45, 7) is 2.40. The molecule has 0 aromatic rings. The summed E-state index contributed by atoms with van der Waals surface area (Å²) in [5.74, 6) is 0. The molecule has 0 saturated carbocycles. The standard InChI is InChI=1S/C5H14NO3P/c1-4-5-6(2,3)10(7,8)9/h4-5H2,1-3H3,(H-,7,8,9)/p+1. The van der Waals surface area contributed by atoms with Crippen LogP contribution >= 0.6 is 7.75 Å². The number of hydrogen-bond donors (Lipinski definition) is 2. The van der Waals surface area contributed by atoms with Gasteiger partial charge in [0, 0.05) is 0 Å². The summed E-state index contributed by atoms with van der Waals surface area (Å²) in [4.78, 5) is 17.5. The van der Waals surface area contributed by atoms with Gasteiger partial charge in [0.25, 0.3) is 0 Å². The second kappa shape index (κ2) is 3.01. The van der Waals surface area contributed by atoms with Gasteiger partial charge in [0.05, 0.1) is 20.6 Å². The van der Waals surface area contributed by atoms with Crippen LogP contribution in [0, 0.1) is 0 Å². The van der Waals surface area contributed by atoms with Crippen molar-refractivity contribution in [2.45, 2.75) is 13.3 Å².